The van der Waals surface area contributed by atoms with Gasteiger partial charge in [-0.2, -0.15) is 5.10 Å². The van der Waals surface area contributed by atoms with Gasteiger partial charge in [-0.1, -0.05) is 13.0 Å². The van der Waals surface area contributed by atoms with Crippen molar-refractivity contribution in [3.05, 3.63) is 70.4 Å². The molecule has 5 aromatic rings. The van der Waals surface area contributed by atoms with Crippen molar-refractivity contribution in [1.82, 2.24) is 29.6 Å². The zero-order valence-electron chi connectivity index (χ0n) is 25.0. The molecule has 0 unspecified atom stereocenters. The van der Waals surface area contributed by atoms with E-state index in [4.69, 9.17) is 25.8 Å². The van der Waals surface area contributed by atoms with Gasteiger partial charge in [-0.25, -0.2) is 18.7 Å². The smallest absolute Gasteiger partial charge is 0.273 e. The zero-order chi connectivity index (χ0) is 31.8. The highest BCUT2D eigenvalue weighted by molar-refractivity contribution is 6.28. The lowest BCUT2D eigenvalue weighted by Crippen LogP contribution is -2.33. The molecule has 0 radical (unpaired) electrons. The average Bonchev–Trinajstić information content (AvgIpc) is 3.40. The molecule has 6 rings (SSSR count). The number of anilines is 1. The summed E-state index contributed by atoms with van der Waals surface area (Å²) in [4.78, 5) is 27.0. The summed E-state index contributed by atoms with van der Waals surface area (Å²) in [5.74, 6) is -0.758. The van der Waals surface area contributed by atoms with Gasteiger partial charge in [0.2, 0.25) is 5.28 Å². The predicted molar refractivity (Wildman–Crippen MR) is 165 cm³/mol. The van der Waals surface area contributed by atoms with Gasteiger partial charge in [0.15, 0.2) is 18.3 Å². The maximum Gasteiger partial charge on any atom is 0.273 e. The van der Waals surface area contributed by atoms with Crippen molar-refractivity contribution < 1.29 is 27.8 Å². The van der Waals surface area contributed by atoms with E-state index in [0.29, 0.717) is 58.7 Å². The summed E-state index contributed by atoms with van der Waals surface area (Å²) in [5.41, 5.74) is 1.63. The minimum absolute atomic E-state index is 0.0192. The summed E-state index contributed by atoms with van der Waals surface area (Å²) < 4.78 is 49.2. The van der Waals surface area contributed by atoms with Gasteiger partial charge in [-0.3, -0.25) is 14.5 Å². The topological polar surface area (TPSA) is 117 Å². The molecule has 1 aliphatic rings. The Morgan fingerprint density at radius 2 is 2.00 bits per heavy atom. The Kier molecular flexibility index (Phi) is 8.49. The SMILES string of the molecule is CCc1c(F)ccc2cc(OCOC)cc(-c3ncc4c(NCc5cc(C(=O)N(C)C)nn5C5COC5)nc(Cl)nc4c3F)c12. The normalized spacial score (nSPS) is 13.3. The first-order valence-electron chi connectivity index (χ1n) is 14.2. The van der Waals surface area contributed by atoms with E-state index in [2.05, 4.69) is 25.4 Å². The van der Waals surface area contributed by atoms with E-state index in [0.717, 1.165) is 0 Å². The van der Waals surface area contributed by atoms with E-state index in [1.165, 1.54) is 24.3 Å². The molecular weight excluding hydrogens is 608 g/mol. The van der Waals surface area contributed by atoms with E-state index in [-0.39, 0.29) is 53.0 Å². The van der Waals surface area contributed by atoms with Gasteiger partial charge in [-0.15, -0.1) is 0 Å². The van der Waals surface area contributed by atoms with Gasteiger partial charge in [0.05, 0.1) is 36.9 Å². The summed E-state index contributed by atoms with van der Waals surface area (Å²) in [7, 11) is 4.80. The molecule has 0 bridgehead atoms. The number of benzene rings is 2. The first kappa shape index (κ1) is 30.6. The highest BCUT2D eigenvalue weighted by Crippen LogP contribution is 2.39. The maximum atomic E-state index is 16.4. The second-order valence-corrected chi connectivity index (χ2v) is 11.1. The third-order valence-electron chi connectivity index (χ3n) is 7.59. The van der Waals surface area contributed by atoms with Crippen molar-refractivity contribution in [2.24, 2.45) is 0 Å². The van der Waals surface area contributed by atoms with Crippen molar-refractivity contribution in [1.29, 1.82) is 0 Å². The van der Waals surface area contributed by atoms with Crippen molar-refractivity contribution in [3.8, 4) is 17.0 Å². The number of aromatic nitrogens is 5. The molecule has 1 aliphatic heterocycles. The number of pyridine rings is 1. The second kappa shape index (κ2) is 12.5. The third-order valence-corrected chi connectivity index (χ3v) is 7.76. The summed E-state index contributed by atoms with van der Waals surface area (Å²) >= 11 is 6.30. The summed E-state index contributed by atoms with van der Waals surface area (Å²) in [6, 6.07) is 8.03. The Balaban J connectivity index is 1.43. The highest BCUT2D eigenvalue weighted by atomic mass is 35.5. The van der Waals surface area contributed by atoms with Crippen molar-refractivity contribution in [3.63, 3.8) is 0 Å². The Hall–Kier alpha value is -4.46. The molecule has 0 aliphatic carbocycles. The predicted octanol–water partition coefficient (Wildman–Crippen LogP) is 5.40. The fourth-order valence-corrected chi connectivity index (χ4v) is 5.51. The summed E-state index contributed by atoms with van der Waals surface area (Å²) in [6.07, 6.45) is 1.82. The number of ether oxygens (including phenoxy) is 3. The number of rotatable bonds is 10. The van der Waals surface area contributed by atoms with Crippen LogP contribution < -0.4 is 10.1 Å². The molecule has 0 saturated carbocycles. The van der Waals surface area contributed by atoms with Crippen LogP contribution in [0.5, 0.6) is 5.75 Å². The number of fused-ring (bicyclic) bond motifs is 2. The molecule has 2 aromatic carbocycles. The first-order chi connectivity index (χ1) is 21.7. The number of nitrogens with zero attached hydrogens (tertiary/aromatic N) is 6. The van der Waals surface area contributed by atoms with Gasteiger partial charge in [0.1, 0.15) is 28.6 Å². The van der Waals surface area contributed by atoms with Crippen LogP contribution in [0.2, 0.25) is 5.28 Å². The number of aryl methyl sites for hydroxylation is 1. The van der Waals surface area contributed by atoms with E-state index in [1.807, 2.05) is 6.92 Å². The standard InChI is InChI=1S/C31H30ClF2N7O4/c1-5-20-23(33)7-6-16-8-19(45-15-43-4)10-21(25(16)20)27-26(34)28-22(12-35-27)29(38-31(32)37-28)36-11-17-9-24(30(42)40(2)3)39-41(17)18-13-44-14-18/h6-10,12,18H,5,11,13-15H2,1-4H3,(H,36,37,38). The van der Waals surface area contributed by atoms with Crippen LogP contribution in [0.15, 0.2) is 36.5 Å². The summed E-state index contributed by atoms with van der Waals surface area (Å²) in [6.45, 7) is 2.94. The van der Waals surface area contributed by atoms with Crippen LogP contribution in [0.4, 0.5) is 14.6 Å². The lowest BCUT2D eigenvalue weighted by atomic mass is 9.94. The molecule has 0 atom stereocenters. The molecule has 3 aromatic heterocycles. The lowest BCUT2D eigenvalue weighted by molar-refractivity contribution is -0.0298. The number of nitrogens with one attached hydrogen (secondary N) is 1. The van der Waals surface area contributed by atoms with Crippen LogP contribution in [0, 0.1) is 11.6 Å². The Bertz CT molecular complexity index is 1930. The largest absolute Gasteiger partial charge is 0.468 e. The summed E-state index contributed by atoms with van der Waals surface area (Å²) in [5, 5.41) is 8.96. The van der Waals surface area contributed by atoms with Gasteiger partial charge < -0.3 is 24.4 Å². The fourth-order valence-electron chi connectivity index (χ4n) is 5.34. The molecule has 1 saturated heterocycles. The van der Waals surface area contributed by atoms with Crippen LogP contribution >= 0.6 is 11.6 Å². The maximum absolute atomic E-state index is 16.4. The van der Waals surface area contributed by atoms with Crippen LogP contribution in [-0.4, -0.2) is 76.8 Å². The van der Waals surface area contributed by atoms with Gasteiger partial charge in [0, 0.05) is 33.0 Å². The Morgan fingerprint density at radius 1 is 1.20 bits per heavy atom. The van der Waals surface area contributed by atoms with Crippen molar-refractivity contribution >= 4 is 45.0 Å². The number of carbonyl (C=O) groups is 1. The van der Waals surface area contributed by atoms with Crippen molar-refractivity contribution in [2.45, 2.75) is 25.9 Å². The number of carbonyl (C=O) groups excluding carboxylic acids is 1. The molecule has 1 amide bonds. The molecule has 4 heterocycles. The molecule has 1 N–H and O–H groups in total. The zero-order valence-corrected chi connectivity index (χ0v) is 25.8. The average molecular weight is 638 g/mol. The Morgan fingerprint density at radius 3 is 2.69 bits per heavy atom. The Labute approximate surface area is 262 Å². The van der Waals surface area contributed by atoms with Crippen molar-refractivity contribution in [2.75, 3.05) is 46.5 Å². The number of halogens is 3. The molecule has 1 fully saturated rings. The van der Waals surface area contributed by atoms with E-state index in [1.54, 1.807) is 43.0 Å². The molecular formula is C31H30ClF2N7O4. The molecule has 0 spiro atoms. The minimum atomic E-state index is -0.758. The molecule has 234 valence electrons. The number of methoxy groups -OCH3 is 1. The second-order valence-electron chi connectivity index (χ2n) is 10.7. The fraction of sp³-hybridized carbons (Fsp3) is 0.323. The van der Waals surface area contributed by atoms with Crippen LogP contribution in [0.25, 0.3) is 32.9 Å². The van der Waals surface area contributed by atoms with E-state index in [9.17, 15) is 9.18 Å². The minimum Gasteiger partial charge on any atom is -0.468 e. The molecule has 45 heavy (non-hydrogen) atoms. The molecule has 14 heteroatoms. The third kappa shape index (κ3) is 5.74. The number of hydrogen-bond acceptors (Lipinski definition) is 9. The van der Waals surface area contributed by atoms with Crippen LogP contribution in [0.1, 0.15) is 34.7 Å². The quantitative estimate of drug-likeness (QED) is 0.159. The van der Waals surface area contributed by atoms with Crippen LogP contribution in [-0.2, 0) is 22.4 Å². The molecule has 11 nitrogen and oxygen atoms in total. The highest BCUT2D eigenvalue weighted by Gasteiger charge is 2.27. The lowest BCUT2D eigenvalue weighted by Gasteiger charge is -2.28. The van der Waals surface area contributed by atoms with E-state index >= 15 is 4.39 Å². The van der Waals surface area contributed by atoms with E-state index < -0.39 is 11.6 Å². The van der Waals surface area contributed by atoms with Gasteiger partial charge in [-0.05, 0) is 58.6 Å². The number of amides is 1. The van der Waals surface area contributed by atoms with Gasteiger partial charge in [0.25, 0.3) is 5.91 Å². The number of hydrogen-bond donors (Lipinski definition) is 1. The first-order valence-corrected chi connectivity index (χ1v) is 14.6. The van der Waals surface area contributed by atoms with Crippen LogP contribution in [0.3, 0.4) is 0 Å². The monoisotopic (exact) mass is 637 g/mol. The van der Waals surface area contributed by atoms with Gasteiger partial charge >= 0.3 is 0 Å².